The molecule has 1 aromatic rings. The quantitative estimate of drug-likeness (QED) is 0.584. The van der Waals surface area contributed by atoms with E-state index in [1.54, 1.807) is 6.07 Å². The number of aromatic nitrogens is 2. The Morgan fingerprint density at radius 1 is 1.38 bits per heavy atom. The number of carbonyl (C=O) groups excluding carboxylic acids is 1. The second-order valence-corrected chi connectivity index (χ2v) is 4.01. The van der Waals surface area contributed by atoms with Crippen LogP contribution in [0.15, 0.2) is 12.1 Å². The van der Waals surface area contributed by atoms with Crippen molar-refractivity contribution in [2.75, 3.05) is 38.1 Å². The first-order valence-corrected chi connectivity index (χ1v) is 5.28. The Labute approximate surface area is 93.5 Å². The number of quaternary nitrogens is 1. The Kier molecular flexibility index (Phi) is 3.00. The van der Waals surface area contributed by atoms with Crippen LogP contribution < -0.4 is 14.9 Å². The van der Waals surface area contributed by atoms with Gasteiger partial charge < -0.3 is 19.7 Å². The molecule has 2 heterocycles. The number of rotatable bonds is 2. The molecule has 1 fully saturated rings. The molecule has 16 heavy (non-hydrogen) atoms. The molecule has 1 aliphatic heterocycles. The van der Waals surface area contributed by atoms with Gasteiger partial charge in [-0.2, -0.15) is 0 Å². The van der Waals surface area contributed by atoms with E-state index < -0.39 is 5.97 Å². The minimum Gasteiger partial charge on any atom is -0.543 e. The number of aromatic carboxylic acids is 1. The normalized spacial score (nSPS) is 17.4. The van der Waals surface area contributed by atoms with Crippen molar-refractivity contribution >= 4 is 11.8 Å². The number of carboxylic acids is 1. The van der Waals surface area contributed by atoms with Gasteiger partial charge in [0.1, 0.15) is 5.69 Å². The van der Waals surface area contributed by atoms with Gasteiger partial charge in [0.25, 0.3) is 0 Å². The molecule has 2 rings (SSSR count). The van der Waals surface area contributed by atoms with Crippen molar-refractivity contribution in [3.05, 3.63) is 17.8 Å². The number of nitrogens with one attached hydrogen (secondary N) is 1. The fourth-order valence-corrected chi connectivity index (χ4v) is 1.72. The highest BCUT2D eigenvalue weighted by atomic mass is 16.4. The van der Waals surface area contributed by atoms with Crippen molar-refractivity contribution in [3.63, 3.8) is 0 Å². The van der Waals surface area contributed by atoms with Crippen LogP contribution in [-0.4, -0.2) is 49.4 Å². The largest absolute Gasteiger partial charge is 0.543 e. The summed E-state index contributed by atoms with van der Waals surface area (Å²) in [5, 5.41) is 18.0. The molecule has 0 spiro atoms. The third-order valence-electron chi connectivity index (χ3n) is 2.80. The van der Waals surface area contributed by atoms with E-state index in [9.17, 15) is 9.90 Å². The van der Waals surface area contributed by atoms with E-state index in [0.717, 1.165) is 32.0 Å². The van der Waals surface area contributed by atoms with Crippen molar-refractivity contribution in [3.8, 4) is 0 Å². The van der Waals surface area contributed by atoms with Gasteiger partial charge >= 0.3 is 0 Å². The van der Waals surface area contributed by atoms with E-state index in [2.05, 4.69) is 22.1 Å². The number of hydrogen-bond donors (Lipinski definition) is 1. The molecule has 1 aliphatic rings. The molecule has 6 heteroatoms. The van der Waals surface area contributed by atoms with E-state index in [0.29, 0.717) is 0 Å². The Bertz CT molecular complexity index is 371. The van der Waals surface area contributed by atoms with Crippen LogP contribution in [0, 0.1) is 0 Å². The van der Waals surface area contributed by atoms with Gasteiger partial charge in [0.05, 0.1) is 39.2 Å². The molecule has 0 unspecified atom stereocenters. The molecule has 0 amide bonds. The number of carboxylic acid groups (broad SMARTS) is 1. The molecule has 86 valence electrons. The van der Waals surface area contributed by atoms with Crippen LogP contribution in [0.5, 0.6) is 0 Å². The summed E-state index contributed by atoms with van der Waals surface area (Å²) in [5.74, 6) is -0.556. The molecule has 0 aromatic carbocycles. The SMILES string of the molecule is C[NH+]1CCN(c2ccc(C(=O)[O-])nn2)CC1. The molecular weight excluding hydrogens is 208 g/mol. The molecule has 0 atom stereocenters. The number of nitrogens with zero attached hydrogens (tertiary/aromatic N) is 3. The summed E-state index contributed by atoms with van der Waals surface area (Å²) in [6, 6.07) is 3.11. The Balaban J connectivity index is 2.07. The van der Waals surface area contributed by atoms with Gasteiger partial charge in [-0.15, -0.1) is 10.2 Å². The first-order valence-electron chi connectivity index (χ1n) is 5.28. The molecule has 6 nitrogen and oxygen atoms in total. The summed E-state index contributed by atoms with van der Waals surface area (Å²) in [6.07, 6.45) is 0. The van der Waals surface area contributed by atoms with E-state index in [4.69, 9.17) is 0 Å². The summed E-state index contributed by atoms with van der Waals surface area (Å²) < 4.78 is 0. The van der Waals surface area contributed by atoms with Crippen LogP contribution in [0.3, 0.4) is 0 Å². The minimum absolute atomic E-state index is 0.122. The van der Waals surface area contributed by atoms with Gasteiger partial charge in [0, 0.05) is 0 Å². The van der Waals surface area contributed by atoms with Crippen molar-refractivity contribution in [1.29, 1.82) is 0 Å². The number of hydrogen-bond acceptors (Lipinski definition) is 5. The van der Waals surface area contributed by atoms with Crippen molar-refractivity contribution < 1.29 is 14.8 Å². The van der Waals surface area contributed by atoms with Gasteiger partial charge in [0.2, 0.25) is 0 Å². The van der Waals surface area contributed by atoms with Crippen LogP contribution in [0.1, 0.15) is 10.5 Å². The summed E-state index contributed by atoms with van der Waals surface area (Å²) in [6.45, 7) is 3.96. The van der Waals surface area contributed by atoms with E-state index in [1.807, 2.05) is 0 Å². The highest BCUT2D eigenvalue weighted by Crippen LogP contribution is 2.08. The van der Waals surface area contributed by atoms with E-state index in [1.165, 1.54) is 11.0 Å². The molecule has 0 saturated carbocycles. The maximum atomic E-state index is 10.5. The number of anilines is 1. The second-order valence-electron chi connectivity index (χ2n) is 4.01. The fourth-order valence-electron chi connectivity index (χ4n) is 1.72. The number of piperazine rings is 1. The molecule has 0 bridgehead atoms. The van der Waals surface area contributed by atoms with Gasteiger partial charge in [-0.05, 0) is 12.1 Å². The highest BCUT2D eigenvalue weighted by Gasteiger charge is 2.17. The fraction of sp³-hybridized carbons (Fsp3) is 0.500. The number of carbonyl (C=O) groups is 1. The Hall–Kier alpha value is -1.69. The van der Waals surface area contributed by atoms with E-state index >= 15 is 0 Å². The minimum atomic E-state index is -1.29. The number of likely N-dealkylation sites (N-methyl/N-ethyl adjacent to an activating group) is 1. The molecule has 1 aromatic heterocycles. The van der Waals surface area contributed by atoms with Crippen LogP contribution in [-0.2, 0) is 0 Å². The average Bonchev–Trinajstić information content (AvgIpc) is 2.30. The van der Waals surface area contributed by atoms with Crippen LogP contribution >= 0.6 is 0 Å². The third kappa shape index (κ3) is 2.27. The average molecular weight is 222 g/mol. The Morgan fingerprint density at radius 3 is 2.56 bits per heavy atom. The summed E-state index contributed by atoms with van der Waals surface area (Å²) in [7, 11) is 2.15. The van der Waals surface area contributed by atoms with Crippen molar-refractivity contribution in [2.24, 2.45) is 0 Å². The first-order chi connectivity index (χ1) is 7.66. The lowest BCUT2D eigenvalue weighted by molar-refractivity contribution is -0.880. The summed E-state index contributed by atoms with van der Waals surface area (Å²) in [5.41, 5.74) is -0.122. The lowest BCUT2D eigenvalue weighted by Crippen LogP contribution is -3.12. The maximum absolute atomic E-state index is 10.5. The maximum Gasteiger partial charge on any atom is 0.151 e. The molecule has 0 aliphatic carbocycles. The standard InChI is InChI=1S/C10H14N4O2/c1-13-4-6-14(7-5-13)9-3-2-8(10(15)16)11-12-9/h2-3H,4-7H2,1H3,(H,15,16). The zero-order valence-electron chi connectivity index (χ0n) is 9.14. The van der Waals surface area contributed by atoms with Gasteiger partial charge in [0.15, 0.2) is 5.82 Å². The summed E-state index contributed by atoms with van der Waals surface area (Å²) in [4.78, 5) is 14.1. The zero-order chi connectivity index (χ0) is 11.5. The van der Waals surface area contributed by atoms with Crippen LogP contribution in [0.25, 0.3) is 0 Å². The Morgan fingerprint density at radius 2 is 2.06 bits per heavy atom. The predicted molar refractivity (Wildman–Crippen MR) is 55.2 cm³/mol. The predicted octanol–water partition coefficient (Wildman–Crippen LogP) is -2.83. The van der Waals surface area contributed by atoms with Crippen LogP contribution in [0.4, 0.5) is 5.82 Å². The smallest absolute Gasteiger partial charge is 0.151 e. The zero-order valence-corrected chi connectivity index (χ0v) is 9.14. The van der Waals surface area contributed by atoms with Crippen molar-refractivity contribution in [2.45, 2.75) is 0 Å². The van der Waals surface area contributed by atoms with Gasteiger partial charge in [-0.25, -0.2) is 0 Å². The third-order valence-corrected chi connectivity index (χ3v) is 2.80. The topological polar surface area (TPSA) is 73.6 Å². The van der Waals surface area contributed by atoms with Gasteiger partial charge in [-0.1, -0.05) is 0 Å². The molecule has 1 saturated heterocycles. The monoisotopic (exact) mass is 222 g/mol. The molecule has 0 radical (unpaired) electrons. The van der Waals surface area contributed by atoms with Crippen LogP contribution in [0.2, 0.25) is 0 Å². The second kappa shape index (κ2) is 4.44. The lowest BCUT2D eigenvalue weighted by atomic mass is 10.3. The van der Waals surface area contributed by atoms with Gasteiger partial charge in [-0.3, -0.25) is 0 Å². The molecular formula is C10H14N4O2. The highest BCUT2D eigenvalue weighted by molar-refractivity contribution is 5.83. The molecule has 1 N–H and O–H groups in total. The first kappa shape index (κ1) is 10.8. The lowest BCUT2D eigenvalue weighted by Gasteiger charge is -2.30. The van der Waals surface area contributed by atoms with Crippen molar-refractivity contribution in [1.82, 2.24) is 10.2 Å². The summed E-state index contributed by atoms with van der Waals surface area (Å²) >= 11 is 0. The van der Waals surface area contributed by atoms with E-state index in [-0.39, 0.29) is 5.69 Å².